The van der Waals surface area contributed by atoms with E-state index in [0.29, 0.717) is 6.42 Å². The lowest BCUT2D eigenvalue weighted by atomic mass is 10.1. The lowest BCUT2D eigenvalue weighted by Gasteiger charge is -2.04. The third-order valence-electron chi connectivity index (χ3n) is 2.14. The van der Waals surface area contributed by atoms with Gasteiger partial charge in [-0.3, -0.25) is 4.79 Å². The Balaban J connectivity index is 2.12. The predicted octanol–water partition coefficient (Wildman–Crippen LogP) is 1.47. The minimum absolute atomic E-state index is 0.185. The smallest absolute Gasteiger partial charge is 0.303 e. The van der Waals surface area contributed by atoms with E-state index in [-0.39, 0.29) is 17.4 Å². The summed E-state index contributed by atoms with van der Waals surface area (Å²) < 4.78 is 22.1. The van der Waals surface area contributed by atoms with E-state index in [0.717, 1.165) is 30.1 Å². The summed E-state index contributed by atoms with van der Waals surface area (Å²) >= 11 is 0. The van der Waals surface area contributed by atoms with Crippen molar-refractivity contribution < 1.29 is 18.3 Å². The van der Waals surface area contributed by atoms with Gasteiger partial charge in [0.25, 0.3) is 0 Å². The fourth-order valence-electron chi connectivity index (χ4n) is 1.42. The maximum Gasteiger partial charge on any atom is 0.303 e. The predicted molar refractivity (Wildman–Crippen MR) is 55.9 cm³/mol. The Morgan fingerprint density at radius 2 is 2.14 bits per heavy atom. The van der Waals surface area contributed by atoms with Crippen LogP contribution in [0.3, 0.4) is 0 Å². The van der Waals surface area contributed by atoms with Gasteiger partial charge >= 0.3 is 5.97 Å². The van der Waals surface area contributed by atoms with E-state index in [2.05, 4.69) is 0 Å². The Labute approximate surface area is 87.4 Å². The first-order chi connectivity index (χ1) is 6.49. The van der Waals surface area contributed by atoms with Crippen LogP contribution in [-0.2, 0) is 13.7 Å². The van der Waals surface area contributed by atoms with E-state index in [1.165, 1.54) is 0 Å². The van der Waals surface area contributed by atoms with E-state index in [4.69, 9.17) is 5.11 Å². The van der Waals surface area contributed by atoms with Crippen LogP contribution in [0.15, 0.2) is 0 Å². The zero-order chi connectivity index (χ0) is 10.6. The summed E-state index contributed by atoms with van der Waals surface area (Å²) in [6.07, 6.45) is 3.17. The molecule has 1 aliphatic rings. The molecule has 0 radical (unpaired) electrons. The summed E-state index contributed by atoms with van der Waals surface area (Å²) in [6, 6.07) is 0. The van der Waals surface area contributed by atoms with Crippen LogP contribution in [0.25, 0.3) is 0 Å². The highest BCUT2D eigenvalue weighted by molar-refractivity contribution is 8.72. The molecule has 0 bridgehead atoms. The second-order valence-corrected chi connectivity index (χ2v) is 7.89. The number of aliphatic carboxylic acids is 1. The average molecular weight is 238 g/mol. The number of unbranched alkanes of at least 4 members (excludes halogenated alkanes) is 1. The Hall–Kier alpha value is -0.230. The van der Waals surface area contributed by atoms with Gasteiger partial charge in [-0.1, -0.05) is 6.42 Å². The maximum atomic E-state index is 11.1. The van der Waals surface area contributed by atoms with Crippen molar-refractivity contribution in [3.63, 3.8) is 0 Å². The van der Waals surface area contributed by atoms with Crippen molar-refractivity contribution >= 4 is 25.6 Å². The van der Waals surface area contributed by atoms with Crippen LogP contribution in [0, 0.1) is 0 Å². The van der Waals surface area contributed by atoms with Crippen LogP contribution >= 0.6 is 10.8 Å². The minimum atomic E-state index is -2.85. The van der Waals surface area contributed by atoms with Crippen molar-refractivity contribution in [2.24, 2.45) is 0 Å². The van der Waals surface area contributed by atoms with Gasteiger partial charge < -0.3 is 5.11 Å². The molecule has 1 aliphatic heterocycles. The molecular formula is C8H14O4S2. The van der Waals surface area contributed by atoms with Crippen LogP contribution in [0.1, 0.15) is 32.1 Å². The van der Waals surface area contributed by atoms with Gasteiger partial charge in [0.2, 0.25) is 8.87 Å². The van der Waals surface area contributed by atoms with Crippen molar-refractivity contribution in [2.45, 2.75) is 37.4 Å². The van der Waals surface area contributed by atoms with Crippen molar-refractivity contribution in [3.8, 4) is 0 Å². The lowest BCUT2D eigenvalue weighted by Crippen LogP contribution is -1.99. The highest BCUT2D eigenvalue weighted by Gasteiger charge is 2.28. The molecule has 1 atom stereocenters. The fourth-order valence-corrected chi connectivity index (χ4v) is 5.53. The van der Waals surface area contributed by atoms with Crippen LogP contribution in [0.2, 0.25) is 0 Å². The highest BCUT2D eigenvalue weighted by Crippen LogP contribution is 2.34. The minimum Gasteiger partial charge on any atom is -0.481 e. The molecule has 6 heteroatoms. The zero-order valence-electron chi connectivity index (χ0n) is 7.81. The van der Waals surface area contributed by atoms with Gasteiger partial charge in [0, 0.05) is 11.7 Å². The standard InChI is InChI=1S/C8H14O4S2/c9-8(10)4-2-1-3-7-5-6-14(11,12)13-7/h7H,1-6H2,(H,9,10)/t7-/m1/s1. The number of carbonyl (C=O) groups is 1. The van der Waals surface area contributed by atoms with Gasteiger partial charge in [0.15, 0.2) is 0 Å². The number of carboxylic acid groups (broad SMARTS) is 1. The first-order valence-electron chi connectivity index (χ1n) is 4.62. The van der Waals surface area contributed by atoms with Crippen molar-refractivity contribution in [3.05, 3.63) is 0 Å². The molecule has 0 aromatic carbocycles. The normalized spacial score (nSPS) is 25.0. The molecule has 1 N–H and O–H groups in total. The van der Waals surface area contributed by atoms with Gasteiger partial charge in [-0.25, -0.2) is 8.42 Å². The van der Waals surface area contributed by atoms with Gasteiger partial charge in [0.05, 0.1) is 5.75 Å². The van der Waals surface area contributed by atoms with E-state index in [9.17, 15) is 13.2 Å². The largest absolute Gasteiger partial charge is 0.481 e. The fraction of sp³-hybridized carbons (Fsp3) is 0.875. The van der Waals surface area contributed by atoms with Gasteiger partial charge in [-0.2, -0.15) is 0 Å². The first kappa shape index (κ1) is 11.8. The van der Waals surface area contributed by atoms with E-state index in [1.807, 2.05) is 0 Å². The van der Waals surface area contributed by atoms with Crippen LogP contribution in [0.4, 0.5) is 0 Å². The number of hydrogen-bond acceptors (Lipinski definition) is 4. The summed E-state index contributed by atoms with van der Waals surface area (Å²) in [6.45, 7) is 0. The van der Waals surface area contributed by atoms with Gasteiger partial charge in [-0.05, 0) is 30.1 Å². The number of hydrogen-bond donors (Lipinski definition) is 1. The molecule has 14 heavy (non-hydrogen) atoms. The van der Waals surface area contributed by atoms with Crippen molar-refractivity contribution in [2.75, 3.05) is 5.75 Å². The highest BCUT2D eigenvalue weighted by atomic mass is 33.1. The average Bonchev–Trinajstić information content (AvgIpc) is 2.39. The van der Waals surface area contributed by atoms with Gasteiger partial charge in [-0.15, -0.1) is 0 Å². The maximum absolute atomic E-state index is 11.1. The number of rotatable bonds is 5. The van der Waals surface area contributed by atoms with E-state index < -0.39 is 14.8 Å². The molecule has 1 heterocycles. The Morgan fingerprint density at radius 3 is 2.64 bits per heavy atom. The molecule has 0 unspecified atom stereocenters. The summed E-state index contributed by atoms with van der Waals surface area (Å²) in [5.74, 6) is -0.502. The van der Waals surface area contributed by atoms with Gasteiger partial charge in [0.1, 0.15) is 0 Å². The van der Waals surface area contributed by atoms with E-state index in [1.54, 1.807) is 0 Å². The molecule has 4 nitrogen and oxygen atoms in total. The zero-order valence-corrected chi connectivity index (χ0v) is 9.44. The molecule has 0 spiro atoms. The first-order valence-corrected chi connectivity index (χ1v) is 7.67. The molecule has 82 valence electrons. The lowest BCUT2D eigenvalue weighted by molar-refractivity contribution is -0.137. The molecule has 0 aliphatic carbocycles. The molecular weight excluding hydrogens is 224 g/mol. The second kappa shape index (κ2) is 5.02. The van der Waals surface area contributed by atoms with Crippen LogP contribution in [0.5, 0.6) is 0 Å². The molecule has 1 rings (SSSR count). The third kappa shape index (κ3) is 4.32. The molecule has 0 aromatic heterocycles. The Bertz CT molecular complexity index is 296. The molecule has 0 saturated carbocycles. The van der Waals surface area contributed by atoms with Crippen LogP contribution < -0.4 is 0 Å². The SMILES string of the molecule is O=C(O)CCCC[C@@H]1CCS(=O)(=O)S1. The Morgan fingerprint density at radius 1 is 1.43 bits per heavy atom. The second-order valence-electron chi connectivity index (χ2n) is 3.41. The van der Waals surface area contributed by atoms with E-state index >= 15 is 0 Å². The molecule has 0 amide bonds. The summed E-state index contributed by atoms with van der Waals surface area (Å²) in [4.78, 5) is 10.2. The molecule has 0 aromatic rings. The van der Waals surface area contributed by atoms with Crippen molar-refractivity contribution in [1.82, 2.24) is 0 Å². The summed E-state index contributed by atoms with van der Waals surface area (Å²) in [5.41, 5.74) is 0. The monoisotopic (exact) mass is 238 g/mol. The van der Waals surface area contributed by atoms with Crippen LogP contribution in [-0.4, -0.2) is 30.5 Å². The quantitative estimate of drug-likeness (QED) is 0.580. The topological polar surface area (TPSA) is 71.4 Å². The molecule has 1 saturated heterocycles. The third-order valence-corrected chi connectivity index (χ3v) is 6.11. The summed E-state index contributed by atoms with van der Waals surface area (Å²) in [5, 5.41) is 8.58. The Kier molecular flexibility index (Phi) is 4.25. The summed E-state index contributed by atoms with van der Waals surface area (Å²) in [7, 11) is -1.80. The van der Waals surface area contributed by atoms with Crippen molar-refractivity contribution in [1.29, 1.82) is 0 Å². The molecule has 1 fully saturated rings. The number of carboxylic acids is 1.